The Balaban J connectivity index is 2.35. The zero-order valence-corrected chi connectivity index (χ0v) is 9.70. The monoisotopic (exact) mass is 233 g/mol. The molecule has 2 rings (SSSR count). The van der Waals surface area contributed by atoms with Crippen molar-refractivity contribution in [3.05, 3.63) is 47.4 Å². The highest BCUT2D eigenvalue weighted by atomic mass is 35.5. The van der Waals surface area contributed by atoms with Gasteiger partial charge in [0.05, 0.1) is 11.9 Å². The normalized spacial score (nSPS) is 10.4. The molecule has 0 aliphatic carbocycles. The predicted molar refractivity (Wildman–Crippen MR) is 65.2 cm³/mol. The number of benzene rings is 1. The number of hydrogen-bond acceptors (Lipinski definition) is 3. The van der Waals surface area contributed by atoms with Crippen molar-refractivity contribution in [2.75, 3.05) is 7.05 Å². The van der Waals surface area contributed by atoms with Crippen LogP contribution in [0.2, 0.25) is 5.02 Å². The number of nitrogens with zero attached hydrogens (tertiary/aromatic N) is 2. The van der Waals surface area contributed by atoms with Gasteiger partial charge in [-0.15, -0.1) is 0 Å². The lowest BCUT2D eigenvalue weighted by molar-refractivity contribution is 0.818. The van der Waals surface area contributed by atoms with Gasteiger partial charge in [-0.2, -0.15) is 0 Å². The first-order valence-corrected chi connectivity index (χ1v) is 5.38. The zero-order valence-electron chi connectivity index (χ0n) is 8.94. The minimum atomic E-state index is 0.748. The van der Waals surface area contributed by atoms with Gasteiger partial charge in [0.2, 0.25) is 0 Å². The third kappa shape index (κ3) is 2.38. The highest BCUT2D eigenvalue weighted by molar-refractivity contribution is 6.31. The summed E-state index contributed by atoms with van der Waals surface area (Å²) in [6.45, 7) is 0.763. The number of halogens is 1. The smallest absolute Gasteiger partial charge is 0.0885 e. The lowest BCUT2D eigenvalue weighted by Gasteiger charge is -2.06. The summed E-state index contributed by atoms with van der Waals surface area (Å²) in [5.41, 5.74) is 2.90. The van der Waals surface area contributed by atoms with Gasteiger partial charge < -0.3 is 5.32 Å². The molecule has 16 heavy (non-hydrogen) atoms. The van der Waals surface area contributed by atoms with Crippen LogP contribution < -0.4 is 5.32 Å². The molecule has 1 heterocycles. The molecular formula is C12H12ClN3. The summed E-state index contributed by atoms with van der Waals surface area (Å²) in [6, 6.07) is 5.92. The van der Waals surface area contributed by atoms with E-state index >= 15 is 0 Å². The van der Waals surface area contributed by atoms with Gasteiger partial charge in [-0.1, -0.05) is 23.7 Å². The molecule has 0 saturated heterocycles. The Morgan fingerprint density at radius 1 is 1.31 bits per heavy atom. The van der Waals surface area contributed by atoms with E-state index in [-0.39, 0.29) is 0 Å². The topological polar surface area (TPSA) is 37.8 Å². The van der Waals surface area contributed by atoms with Crippen LogP contribution in [0.3, 0.4) is 0 Å². The van der Waals surface area contributed by atoms with E-state index in [4.69, 9.17) is 11.6 Å². The fraction of sp³-hybridized carbons (Fsp3) is 0.167. The van der Waals surface area contributed by atoms with E-state index in [0.29, 0.717) is 0 Å². The quantitative estimate of drug-likeness (QED) is 0.885. The van der Waals surface area contributed by atoms with Crippen molar-refractivity contribution in [1.82, 2.24) is 15.3 Å². The minimum Gasteiger partial charge on any atom is -0.316 e. The Bertz CT molecular complexity index is 471. The highest BCUT2D eigenvalue weighted by Gasteiger charge is 2.03. The molecule has 82 valence electrons. The van der Waals surface area contributed by atoms with E-state index in [1.54, 1.807) is 18.6 Å². The molecule has 3 nitrogen and oxygen atoms in total. The Morgan fingerprint density at radius 3 is 2.81 bits per heavy atom. The molecule has 2 aromatic rings. The molecule has 0 aliphatic heterocycles. The van der Waals surface area contributed by atoms with Crippen LogP contribution >= 0.6 is 11.6 Å². The average molecular weight is 234 g/mol. The summed E-state index contributed by atoms with van der Waals surface area (Å²) in [4.78, 5) is 8.26. The van der Waals surface area contributed by atoms with Gasteiger partial charge in [0.1, 0.15) is 0 Å². The van der Waals surface area contributed by atoms with E-state index in [1.807, 2.05) is 25.2 Å². The molecule has 0 aliphatic rings. The second-order valence-corrected chi connectivity index (χ2v) is 3.83. The molecule has 1 aromatic heterocycles. The van der Waals surface area contributed by atoms with Crippen molar-refractivity contribution in [2.45, 2.75) is 6.54 Å². The first-order valence-electron chi connectivity index (χ1n) is 5.00. The molecule has 0 fully saturated rings. The van der Waals surface area contributed by atoms with Crippen LogP contribution in [0.5, 0.6) is 0 Å². The summed E-state index contributed by atoms with van der Waals surface area (Å²) < 4.78 is 0. The lowest BCUT2D eigenvalue weighted by Crippen LogP contribution is -2.05. The maximum Gasteiger partial charge on any atom is 0.0885 e. The van der Waals surface area contributed by atoms with Gasteiger partial charge in [0, 0.05) is 29.5 Å². The molecule has 0 radical (unpaired) electrons. The second-order valence-electron chi connectivity index (χ2n) is 3.43. The number of aromatic nitrogens is 2. The molecule has 0 amide bonds. The van der Waals surface area contributed by atoms with E-state index in [2.05, 4.69) is 15.3 Å². The Hall–Kier alpha value is -1.45. The van der Waals surface area contributed by atoms with Crippen LogP contribution in [0.4, 0.5) is 0 Å². The van der Waals surface area contributed by atoms with Crippen LogP contribution in [-0.4, -0.2) is 17.0 Å². The maximum absolute atomic E-state index is 6.17. The van der Waals surface area contributed by atoms with Crippen LogP contribution in [0.15, 0.2) is 36.8 Å². The lowest BCUT2D eigenvalue weighted by atomic mass is 10.1. The first-order chi connectivity index (χ1) is 7.81. The molecule has 0 bridgehead atoms. The summed E-state index contributed by atoms with van der Waals surface area (Å²) >= 11 is 6.17. The van der Waals surface area contributed by atoms with Crippen molar-refractivity contribution in [1.29, 1.82) is 0 Å². The summed E-state index contributed by atoms with van der Waals surface area (Å²) in [6.07, 6.45) is 5.05. The minimum absolute atomic E-state index is 0.748. The van der Waals surface area contributed by atoms with E-state index < -0.39 is 0 Å². The summed E-state index contributed by atoms with van der Waals surface area (Å²) in [7, 11) is 1.90. The van der Waals surface area contributed by atoms with E-state index in [1.165, 1.54) is 0 Å². The highest BCUT2D eigenvalue weighted by Crippen LogP contribution is 2.23. The van der Waals surface area contributed by atoms with Gasteiger partial charge in [-0.3, -0.25) is 9.97 Å². The molecule has 1 N–H and O–H groups in total. The Labute approximate surface area is 99.5 Å². The third-order valence-electron chi connectivity index (χ3n) is 2.28. The fourth-order valence-corrected chi connectivity index (χ4v) is 1.74. The maximum atomic E-state index is 6.17. The van der Waals surface area contributed by atoms with Crippen LogP contribution in [0.25, 0.3) is 11.3 Å². The largest absolute Gasteiger partial charge is 0.316 e. The standard InChI is InChI=1S/C12H12ClN3/c1-14-7-10-3-2-9(6-11(10)13)12-8-15-4-5-16-12/h2-6,8,14H,7H2,1H3. The average Bonchev–Trinajstić information content (AvgIpc) is 2.33. The summed E-state index contributed by atoms with van der Waals surface area (Å²) in [5, 5.41) is 3.82. The zero-order chi connectivity index (χ0) is 11.4. The number of nitrogens with one attached hydrogen (secondary N) is 1. The number of rotatable bonds is 3. The van der Waals surface area contributed by atoms with Crippen LogP contribution in [0, 0.1) is 0 Å². The fourth-order valence-electron chi connectivity index (χ4n) is 1.49. The van der Waals surface area contributed by atoms with Crippen LogP contribution in [-0.2, 0) is 6.54 Å². The first kappa shape index (κ1) is 11.0. The molecule has 0 unspecified atom stereocenters. The van der Waals surface area contributed by atoms with Crippen molar-refractivity contribution in [3.63, 3.8) is 0 Å². The SMILES string of the molecule is CNCc1ccc(-c2cnccn2)cc1Cl. The van der Waals surface area contributed by atoms with Crippen molar-refractivity contribution < 1.29 is 0 Å². The van der Waals surface area contributed by atoms with Gasteiger partial charge in [-0.25, -0.2) is 0 Å². The van der Waals surface area contributed by atoms with Crippen LogP contribution in [0.1, 0.15) is 5.56 Å². The predicted octanol–water partition coefficient (Wildman–Crippen LogP) is 2.52. The van der Waals surface area contributed by atoms with E-state index in [9.17, 15) is 0 Å². The number of hydrogen-bond donors (Lipinski definition) is 1. The molecule has 0 saturated carbocycles. The van der Waals surface area contributed by atoms with Gasteiger partial charge >= 0.3 is 0 Å². The molecular weight excluding hydrogens is 222 g/mol. The molecule has 0 spiro atoms. The van der Waals surface area contributed by atoms with E-state index in [0.717, 1.165) is 28.4 Å². The Kier molecular flexibility index (Phi) is 3.49. The molecule has 4 heteroatoms. The Morgan fingerprint density at radius 2 is 2.19 bits per heavy atom. The van der Waals surface area contributed by atoms with Crippen molar-refractivity contribution in [3.8, 4) is 11.3 Å². The third-order valence-corrected chi connectivity index (χ3v) is 2.63. The van der Waals surface area contributed by atoms with Crippen molar-refractivity contribution >= 4 is 11.6 Å². The summed E-state index contributed by atoms with van der Waals surface area (Å²) in [5.74, 6) is 0. The van der Waals surface area contributed by atoms with Gasteiger partial charge in [-0.05, 0) is 18.7 Å². The second kappa shape index (κ2) is 5.05. The molecule has 1 aromatic carbocycles. The van der Waals surface area contributed by atoms with Gasteiger partial charge in [0.25, 0.3) is 0 Å². The van der Waals surface area contributed by atoms with Gasteiger partial charge in [0.15, 0.2) is 0 Å². The molecule has 0 atom stereocenters. The van der Waals surface area contributed by atoms with Crippen molar-refractivity contribution in [2.24, 2.45) is 0 Å².